The summed E-state index contributed by atoms with van der Waals surface area (Å²) in [6.45, 7) is 3.92. The lowest BCUT2D eigenvalue weighted by Gasteiger charge is -2.30. The topological polar surface area (TPSA) is 39.1 Å². The Kier molecular flexibility index (Phi) is 4.19. The van der Waals surface area contributed by atoms with Crippen molar-refractivity contribution in [3.8, 4) is 0 Å². The van der Waals surface area contributed by atoms with E-state index >= 15 is 0 Å². The van der Waals surface area contributed by atoms with Crippen molar-refractivity contribution in [3.05, 3.63) is 53.6 Å². The van der Waals surface area contributed by atoms with E-state index in [9.17, 15) is 0 Å². The van der Waals surface area contributed by atoms with E-state index in [1.165, 1.54) is 24.0 Å². The summed E-state index contributed by atoms with van der Waals surface area (Å²) < 4.78 is 8.21. The lowest BCUT2D eigenvalue weighted by Crippen LogP contribution is -2.43. The average molecular weight is 311 g/mol. The first-order valence-corrected chi connectivity index (χ1v) is 8.80. The molecule has 2 aromatic rings. The van der Waals surface area contributed by atoms with Gasteiger partial charge >= 0.3 is 0 Å². The predicted molar refractivity (Wildman–Crippen MR) is 90.4 cm³/mol. The molecule has 0 unspecified atom stereocenters. The molecule has 1 aromatic heterocycles. The second kappa shape index (κ2) is 6.46. The van der Waals surface area contributed by atoms with Crippen molar-refractivity contribution in [1.82, 2.24) is 14.9 Å². The minimum Gasteiger partial charge on any atom is -0.369 e. The summed E-state index contributed by atoms with van der Waals surface area (Å²) in [7, 11) is 0. The Labute approximate surface area is 137 Å². The molecule has 23 heavy (non-hydrogen) atoms. The maximum atomic E-state index is 6.02. The van der Waals surface area contributed by atoms with Gasteiger partial charge in [0.2, 0.25) is 0 Å². The molecule has 0 spiro atoms. The van der Waals surface area contributed by atoms with Crippen LogP contribution in [-0.2, 0) is 24.1 Å². The van der Waals surface area contributed by atoms with Crippen LogP contribution in [0.1, 0.15) is 42.8 Å². The fourth-order valence-corrected chi connectivity index (χ4v) is 4.00. The number of imidazole rings is 1. The Morgan fingerprint density at radius 3 is 3.00 bits per heavy atom. The summed E-state index contributed by atoms with van der Waals surface area (Å²) >= 11 is 0. The number of fused-ring (bicyclic) bond motifs is 1. The Morgan fingerprint density at radius 1 is 1.26 bits per heavy atom. The van der Waals surface area contributed by atoms with Crippen LogP contribution in [0.5, 0.6) is 0 Å². The minimum absolute atomic E-state index is 0.0853. The molecule has 0 saturated carbocycles. The molecule has 0 bridgehead atoms. The molecule has 4 nitrogen and oxygen atoms in total. The Morgan fingerprint density at radius 2 is 2.13 bits per heavy atom. The van der Waals surface area contributed by atoms with Gasteiger partial charge in [0.25, 0.3) is 0 Å². The first-order chi connectivity index (χ1) is 11.3. The smallest absolute Gasteiger partial charge is 0.139 e. The molecular weight excluding hydrogens is 286 g/mol. The van der Waals surface area contributed by atoms with E-state index in [1.54, 1.807) is 0 Å². The normalized spacial score (nSPS) is 27.1. The van der Waals surface area contributed by atoms with E-state index in [0.717, 1.165) is 31.8 Å². The monoisotopic (exact) mass is 311 g/mol. The lowest BCUT2D eigenvalue weighted by atomic mass is 9.87. The lowest BCUT2D eigenvalue weighted by molar-refractivity contribution is 0.0860. The van der Waals surface area contributed by atoms with E-state index in [4.69, 9.17) is 4.74 Å². The third kappa shape index (κ3) is 2.93. The highest BCUT2D eigenvalue weighted by molar-refractivity contribution is 5.30. The molecular formula is C19H25N3O. The van der Waals surface area contributed by atoms with Crippen LogP contribution in [0, 0.1) is 0 Å². The van der Waals surface area contributed by atoms with Gasteiger partial charge in [-0.3, -0.25) is 0 Å². The molecule has 2 heterocycles. The highest BCUT2D eigenvalue weighted by atomic mass is 16.5. The number of rotatable bonds is 4. The number of hydrogen-bond donors (Lipinski definition) is 1. The summed E-state index contributed by atoms with van der Waals surface area (Å²) in [5, 5.41) is 3.87. The van der Waals surface area contributed by atoms with Crippen LogP contribution < -0.4 is 5.32 Å². The third-order valence-corrected chi connectivity index (χ3v) is 5.23. The number of aromatic nitrogens is 2. The predicted octanol–water partition coefficient (Wildman–Crippen LogP) is 2.88. The molecule has 1 N–H and O–H groups in total. The first kappa shape index (κ1) is 14.9. The van der Waals surface area contributed by atoms with Gasteiger partial charge in [0.05, 0.1) is 0 Å². The number of aryl methyl sites for hydroxylation is 2. The zero-order valence-electron chi connectivity index (χ0n) is 13.7. The molecule has 1 saturated heterocycles. The molecule has 4 rings (SSSR count). The summed E-state index contributed by atoms with van der Waals surface area (Å²) in [5.41, 5.74) is 3.02. The van der Waals surface area contributed by atoms with Crippen LogP contribution in [0.4, 0.5) is 0 Å². The second-order valence-electron chi connectivity index (χ2n) is 6.63. The van der Waals surface area contributed by atoms with Crippen LogP contribution in [0.15, 0.2) is 36.7 Å². The molecule has 1 aliphatic carbocycles. The zero-order chi connectivity index (χ0) is 15.6. The van der Waals surface area contributed by atoms with Gasteiger partial charge in [0.15, 0.2) is 0 Å². The standard InChI is InChI=1S/C19H25N3O/c1-2-22-11-10-20-19(22)18-17(9-12-23-18)21-16-8-7-14-5-3-4-6-15(14)13-16/h3-6,10-11,16-18,21H,2,7-9,12-13H2,1H3/t16-,17+,18+/m1/s1. The van der Waals surface area contributed by atoms with Gasteiger partial charge in [0, 0.05) is 37.6 Å². The number of nitrogens with one attached hydrogen (secondary N) is 1. The fraction of sp³-hybridized carbons (Fsp3) is 0.526. The number of hydrogen-bond acceptors (Lipinski definition) is 3. The largest absolute Gasteiger partial charge is 0.369 e. The van der Waals surface area contributed by atoms with Crippen molar-refractivity contribution in [1.29, 1.82) is 0 Å². The fourth-order valence-electron chi connectivity index (χ4n) is 4.00. The van der Waals surface area contributed by atoms with Crippen LogP contribution in [0.3, 0.4) is 0 Å². The number of ether oxygens (including phenoxy) is 1. The summed E-state index contributed by atoms with van der Waals surface area (Å²) in [6.07, 6.45) is 8.60. The van der Waals surface area contributed by atoms with Crippen molar-refractivity contribution < 1.29 is 4.74 Å². The van der Waals surface area contributed by atoms with Gasteiger partial charge in [-0.25, -0.2) is 4.98 Å². The summed E-state index contributed by atoms with van der Waals surface area (Å²) in [6, 6.07) is 9.77. The van der Waals surface area contributed by atoms with E-state index in [0.29, 0.717) is 12.1 Å². The van der Waals surface area contributed by atoms with Gasteiger partial charge < -0.3 is 14.6 Å². The van der Waals surface area contributed by atoms with Crippen molar-refractivity contribution in [3.63, 3.8) is 0 Å². The second-order valence-corrected chi connectivity index (χ2v) is 6.63. The highest BCUT2D eigenvalue weighted by Crippen LogP contribution is 2.30. The highest BCUT2D eigenvalue weighted by Gasteiger charge is 2.34. The van der Waals surface area contributed by atoms with Crippen molar-refractivity contribution in [2.24, 2.45) is 0 Å². The van der Waals surface area contributed by atoms with Gasteiger partial charge in [-0.05, 0) is 43.7 Å². The van der Waals surface area contributed by atoms with Crippen LogP contribution in [0.25, 0.3) is 0 Å². The minimum atomic E-state index is 0.0853. The number of benzene rings is 1. The molecule has 122 valence electrons. The molecule has 1 aromatic carbocycles. The molecule has 2 aliphatic rings. The molecule has 0 amide bonds. The van der Waals surface area contributed by atoms with Crippen LogP contribution >= 0.6 is 0 Å². The van der Waals surface area contributed by atoms with Crippen LogP contribution in [0.2, 0.25) is 0 Å². The maximum Gasteiger partial charge on any atom is 0.139 e. The summed E-state index contributed by atoms with van der Waals surface area (Å²) in [4.78, 5) is 4.55. The Bertz CT molecular complexity index is 666. The first-order valence-electron chi connectivity index (χ1n) is 8.80. The molecule has 0 radical (unpaired) electrons. The molecule has 3 atom stereocenters. The molecule has 4 heteroatoms. The summed E-state index contributed by atoms with van der Waals surface area (Å²) in [5.74, 6) is 1.07. The van der Waals surface area contributed by atoms with E-state index in [-0.39, 0.29) is 6.10 Å². The van der Waals surface area contributed by atoms with Gasteiger partial charge in [-0.1, -0.05) is 24.3 Å². The zero-order valence-corrected chi connectivity index (χ0v) is 13.7. The average Bonchev–Trinajstić information content (AvgIpc) is 3.23. The van der Waals surface area contributed by atoms with E-state index < -0.39 is 0 Å². The van der Waals surface area contributed by atoms with Crippen molar-refractivity contribution in [2.75, 3.05) is 6.61 Å². The number of nitrogens with zero attached hydrogens (tertiary/aromatic N) is 2. The molecule has 1 aliphatic heterocycles. The van der Waals surface area contributed by atoms with Crippen molar-refractivity contribution >= 4 is 0 Å². The van der Waals surface area contributed by atoms with Crippen LogP contribution in [-0.4, -0.2) is 28.2 Å². The SMILES string of the molecule is CCn1ccnc1[C@H]1OCC[C@@H]1N[C@@H]1CCc2ccccc2C1. The third-order valence-electron chi connectivity index (χ3n) is 5.23. The van der Waals surface area contributed by atoms with Gasteiger partial charge in [0.1, 0.15) is 11.9 Å². The van der Waals surface area contributed by atoms with E-state index in [1.807, 2.05) is 12.4 Å². The van der Waals surface area contributed by atoms with Crippen molar-refractivity contribution in [2.45, 2.75) is 57.3 Å². The van der Waals surface area contributed by atoms with Gasteiger partial charge in [-0.15, -0.1) is 0 Å². The molecule has 1 fully saturated rings. The van der Waals surface area contributed by atoms with E-state index in [2.05, 4.69) is 46.1 Å². The Balaban J connectivity index is 1.46. The quantitative estimate of drug-likeness (QED) is 0.943. The Hall–Kier alpha value is -1.65. The van der Waals surface area contributed by atoms with Gasteiger partial charge in [-0.2, -0.15) is 0 Å². The maximum absolute atomic E-state index is 6.02.